The van der Waals surface area contributed by atoms with Gasteiger partial charge in [0.2, 0.25) is 0 Å². The molecule has 4 rings (SSSR count). The van der Waals surface area contributed by atoms with E-state index in [2.05, 4.69) is 0 Å². The van der Waals surface area contributed by atoms with Gasteiger partial charge in [-0.2, -0.15) is 0 Å². The monoisotopic (exact) mass is 415 g/mol. The number of fused-ring (bicyclic) bond motifs is 1. The molecule has 0 aromatic heterocycles. The highest BCUT2D eigenvalue weighted by atomic mass is 16.5. The molecule has 1 heterocycles. The van der Waals surface area contributed by atoms with Gasteiger partial charge in [-0.15, -0.1) is 0 Å². The molecule has 0 radical (unpaired) electrons. The van der Waals surface area contributed by atoms with Crippen LogP contribution in [-0.2, 0) is 6.42 Å². The van der Waals surface area contributed by atoms with E-state index < -0.39 is 6.04 Å². The van der Waals surface area contributed by atoms with Gasteiger partial charge in [-0.3, -0.25) is 14.5 Å². The van der Waals surface area contributed by atoms with Gasteiger partial charge in [0.15, 0.2) is 11.5 Å². The molecule has 0 spiro atoms. The molecule has 1 aliphatic rings. The molecule has 158 valence electrons. The van der Waals surface area contributed by atoms with Crippen LogP contribution in [0.3, 0.4) is 0 Å². The first-order valence-corrected chi connectivity index (χ1v) is 10.5. The molecule has 0 N–H and O–H groups in total. The van der Waals surface area contributed by atoms with Gasteiger partial charge in [0.1, 0.15) is 0 Å². The summed E-state index contributed by atoms with van der Waals surface area (Å²) in [6, 6.07) is 22.0. The lowest BCUT2D eigenvalue weighted by atomic mass is 9.97. The summed E-state index contributed by atoms with van der Waals surface area (Å²) in [7, 11) is 0. The molecule has 0 fully saturated rings. The van der Waals surface area contributed by atoms with Crippen LogP contribution in [0.25, 0.3) is 0 Å². The third kappa shape index (κ3) is 4.04. The van der Waals surface area contributed by atoms with Crippen molar-refractivity contribution in [3.05, 3.63) is 95.1 Å². The maximum absolute atomic E-state index is 13.2. The predicted octanol–water partition coefficient (Wildman–Crippen LogP) is 5.06. The Kier molecular flexibility index (Phi) is 6.03. The second-order valence-corrected chi connectivity index (χ2v) is 7.30. The molecule has 3 aromatic carbocycles. The van der Waals surface area contributed by atoms with Gasteiger partial charge in [0.25, 0.3) is 11.8 Å². The van der Waals surface area contributed by atoms with Crippen molar-refractivity contribution in [3.63, 3.8) is 0 Å². The van der Waals surface area contributed by atoms with Crippen molar-refractivity contribution in [2.75, 3.05) is 13.2 Å². The fourth-order valence-corrected chi connectivity index (χ4v) is 3.97. The minimum absolute atomic E-state index is 0.259. The number of hydrogen-bond acceptors (Lipinski definition) is 4. The largest absolute Gasteiger partial charge is 0.490 e. The summed E-state index contributed by atoms with van der Waals surface area (Å²) in [5.41, 5.74) is 2.77. The highest BCUT2D eigenvalue weighted by molar-refractivity contribution is 6.21. The van der Waals surface area contributed by atoms with E-state index in [-0.39, 0.29) is 11.8 Å². The number of benzene rings is 3. The normalized spacial score (nSPS) is 13.8. The zero-order valence-corrected chi connectivity index (χ0v) is 17.7. The molecule has 0 bridgehead atoms. The number of nitrogens with zero attached hydrogens (tertiary/aromatic N) is 1. The first-order valence-electron chi connectivity index (χ1n) is 10.5. The lowest BCUT2D eigenvalue weighted by Gasteiger charge is -2.27. The van der Waals surface area contributed by atoms with Crippen LogP contribution in [0.15, 0.2) is 72.8 Å². The fraction of sp³-hybridized carbons (Fsp3) is 0.231. The van der Waals surface area contributed by atoms with Crippen LogP contribution in [0.1, 0.15) is 51.7 Å². The van der Waals surface area contributed by atoms with E-state index in [9.17, 15) is 9.59 Å². The van der Waals surface area contributed by atoms with Gasteiger partial charge in [-0.25, -0.2) is 0 Å². The Bertz CT molecular complexity index is 1060. The Morgan fingerprint density at radius 2 is 1.32 bits per heavy atom. The van der Waals surface area contributed by atoms with Crippen molar-refractivity contribution in [1.29, 1.82) is 0 Å². The van der Waals surface area contributed by atoms with Gasteiger partial charge in [0, 0.05) is 0 Å². The topological polar surface area (TPSA) is 55.8 Å². The van der Waals surface area contributed by atoms with E-state index in [0.717, 1.165) is 11.1 Å². The summed E-state index contributed by atoms with van der Waals surface area (Å²) in [6.45, 7) is 4.91. The Morgan fingerprint density at radius 1 is 0.742 bits per heavy atom. The van der Waals surface area contributed by atoms with Crippen molar-refractivity contribution in [3.8, 4) is 11.5 Å². The Labute approximate surface area is 182 Å². The zero-order chi connectivity index (χ0) is 21.8. The average molecular weight is 415 g/mol. The Morgan fingerprint density at radius 3 is 1.94 bits per heavy atom. The number of carbonyl (C=O) groups excluding carboxylic acids is 2. The molecule has 2 amide bonds. The van der Waals surface area contributed by atoms with Crippen LogP contribution in [-0.4, -0.2) is 29.9 Å². The minimum atomic E-state index is -0.430. The molecule has 5 heteroatoms. The van der Waals surface area contributed by atoms with Gasteiger partial charge < -0.3 is 9.47 Å². The van der Waals surface area contributed by atoms with Crippen LogP contribution in [0, 0.1) is 0 Å². The van der Waals surface area contributed by atoms with E-state index in [1.165, 1.54) is 4.90 Å². The number of ether oxygens (including phenoxy) is 2. The first kappa shape index (κ1) is 20.7. The molecule has 5 nitrogen and oxygen atoms in total. The summed E-state index contributed by atoms with van der Waals surface area (Å²) in [4.78, 5) is 27.7. The predicted molar refractivity (Wildman–Crippen MR) is 119 cm³/mol. The van der Waals surface area contributed by atoms with Crippen molar-refractivity contribution in [2.24, 2.45) is 0 Å². The first-order chi connectivity index (χ1) is 15.1. The molecule has 1 atom stereocenters. The average Bonchev–Trinajstić information content (AvgIpc) is 3.05. The number of hydrogen-bond donors (Lipinski definition) is 0. The van der Waals surface area contributed by atoms with E-state index in [0.29, 0.717) is 42.3 Å². The molecule has 0 aliphatic carbocycles. The summed E-state index contributed by atoms with van der Waals surface area (Å²) >= 11 is 0. The van der Waals surface area contributed by atoms with Crippen LogP contribution in [0.2, 0.25) is 0 Å². The number of carbonyl (C=O) groups is 2. The van der Waals surface area contributed by atoms with Gasteiger partial charge in [-0.05, 0) is 55.7 Å². The SMILES string of the molecule is CCOc1ccc(CC(c2ccccc2)N2C(=O)c3ccccc3C2=O)cc1OCC. The second-order valence-electron chi connectivity index (χ2n) is 7.30. The van der Waals surface area contributed by atoms with Gasteiger partial charge in [-0.1, -0.05) is 48.5 Å². The van der Waals surface area contributed by atoms with E-state index in [1.807, 2.05) is 62.4 Å². The second kappa shape index (κ2) is 9.04. The third-order valence-corrected chi connectivity index (χ3v) is 5.36. The van der Waals surface area contributed by atoms with E-state index in [1.54, 1.807) is 24.3 Å². The van der Waals surface area contributed by atoms with Crippen molar-refractivity contribution >= 4 is 11.8 Å². The molecule has 0 saturated carbocycles. The van der Waals surface area contributed by atoms with Crippen LogP contribution >= 0.6 is 0 Å². The van der Waals surface area contributed by atoms with Gasteiger partial charge >= 0.3 is 0 Å². The van der Waals surface area contributed by atoms with E-state index in [4.69, 9.17) is 9.47 Å². The molecule has 31 heavy (non-hydrogen) atoms. The lowest BCUT2D eigenvalue weighted by Crippen LogP contribution is -2.35. The van der Waals surface area contributed by atoms with Crippen LogP contribution < -0.4 is 9.47 Å². The quantitative estimate of drug-likeness (QED) is 0.482. The maximum Gasteiger partial charge on any atom is 0.262 e. The van der Waals surface area contributed by atoms with Crippen LogP contribution in [0.4, 0.5) is 0 Å². The maximum atomic E-state index is 13.2. The van der Waals surface area contributed by atoms with Gasteiger partial charge in [0.05, 0.1) is 30.4 Å². The standard InChI is InChI=1S/C26H25NO4/c1-3-30-23-15-14-18(17-24(23)31-4-2)16-22(19-10-6-5-7-11-19)27-25(28)20-12-8-9-13-21(20)26(27)29/h5-15,17,22H,3-4,16H2,1-2H3. The van der Waals surface area contributed by atoms with Crippen molar-refractivity contribution in [1.82, 2.24) is 4.90 Å². The zero-order valence-electron chi connectivity index (χ0n) is 17.7. The molecule has 0 saturated heterocycles. The lowest BCUT2D eigenvalue weighted by molar-refractivity contribution is 0.0581. The fourth-order valence-electron chi connectivity index (χ4n) is 3.97. The highest BCUT2D eigenvalue weighted by Crippen LogP contribution is 2.36. The molecule has 3 aromatic rings. The van der Waals surface area contributed by atoms with Crippen molar-refractivity contribution in [2.45, 2.75) is 26.3 Å². The highest BCUT2D eigenvalue weighted by Gasteiger charge is 2.40. The summed E-state index contributed by atoms with van der Waals surface area (Å²) < 4.78 is 11.4. The summed E-state index contributed by atoms with van der Waals surface area (Å²) in [5, 5.41) is 0. The number of amides is 2. The van der Waals surface area contributed by atoms with Crippen LogP contribution in [0.5, 0.6) is 11.5 Å². The smallest absolute Gasteiger partial charge is 0.262 e. The Hall–Kier alpha value is -3.60. The minimum Gasteiger partial charge on any atom is -0.490 e. The summed E-state index contributed by atoms with van der Waals surface area (Å²) in [6.07, 6.45) is 0.474. The molecule has 1 aliphatic heterocycles. The molecular formula is C26H25NO4. The van der Waals surface area contributed by atoms with Crippen molar-refractivity contribution < 1.29 is 19.1 Å². The number of rotatable bonds is 8. The number of imide groups is 1. The molecule has 1 unspecified atom stereocenters. The summed E-state index contributed by atoms with van der Waals surface area (Å²) in [5.74, 6) is 0.831. The Balaban J connectivity index is 1.72. The van der Waals surface area contributed by atoms with E-state index >= 15 is 0 Å². The third-order valence-electron chi connectivity index (χ3n) is 5.36. The molecular weight excluding hydrogens is 390 g/mol.